The molecule has 1 fully saturated rings. The highest BCUT2D eigenvalue weighted by molar-refractivity contribution is 7.22. The Labute approximate surface area is 168 Å². The van der Waals surface area contributed by atoms with Crippen LogP contribution in [-0.4, -0.2) is 37.3 Å². The number of thiazole rings is 1. The van der Waals surface area contributed by atoms with Gasteiger partial charge >= 0.3 is 0 Å². The zero-order chi connectivity index (χ0) is 19.7. The van der Waals surface area contributed by atoms with Gasteiger partial charge < -0.3 is 9.47 Å². The molecule has 0 N–H and O–H groups in total. The molecule has 2 heterocycles. The summed E-state index contributed by atoms with van der Waals surface area (Å²) in [5.41, 5.74) is 3.61. The number of carbonyl (C=O) groups is 1. The molecule has 1 aliphatic heterocycles. The van der Waals surface area contributed by atoms with Gasteiger partial charge in [-0.25, -0.2) is 4.98 Å². The monoisotopic (exact) mass is 396 g/mol. The highest BCUT2D eigenvalue weighted by atomic mass is 32.1. The predicted octanol–water partition coefficient (Wildman–Crippen LogP) is 4.75. The van der Waals surface area contributed by atoms with E-state index in [0.29, 0.717) is 17.2 Å². The Kier molecular flexibility index (Phi) is 5.33. The van der Waals surface area contributed by atoms with Crippen LogP contribution in [0.15, 0.2) is 36.4 Å². The van der Waals surface area contributed by atoms with E-state index in [9.17, 15) is 4.79 Å². The molecule has 146 valence electrons. The number of fused-ring (bicyclic) bond motifs is 1. The van der Waals surface area contributed by atoms with Crippen molar-refractivity contribution in [3.05, 3.63) is 53.1 Å². The quantitative estimate of drug-likeness (QED) is 0.625. The molecule has 1 unspecified atom stereocenters. The Bertz CT molecular complexity index is 1010. The Morgan fingerprint density at radius 1 is 1.32 bits per heavy atom. The summed E-state index contributed by atoms with van der Waals surface area (Å²) in [5.74, 6) is 0.682. The smallest absolute Gasteiger partial charge is 0.260 e. The normalized spacial score (nSPS) is 16.5. The van der Waals surface area contributed by atoms with Gasteiger partial charge in [0, 0.05) is 12.2 Å². The van der Waals surface area contributed by atoms with Crippen LogP contribution in [0, 0.1) is 13.8 Å². The number of carbonyl (C=O) groups excluding carboxylic acids is 1. The topological polar surface area (TPSA) is 51.7 Å². The number of hydrogen-bond acceptors (Lipinski definition) is 5. The Hall–Kier alpha value is -2.44. The lowest BCUT2D eigenvalue weighted by molar-refractivity contribution is 0.0917. The van der Waals surface area contributed by atoms with E-state index in [0.717, 1.165) is 46.5 Å². The first-order valence-corrected chi connectivity index (χ1v) is 10.3. The molecule has 28 heavy (non-hydrogen) atoms. The molecule has 1 saturated heterocycles. The Balaban J connectivity index is 1.75. The van der Waals surface area contributed by atoms with Gasteiger partial charge in [-0.15, -0.1) is 0 Å². The van der Waals surface area contributed by atoms with Crippen LogP contribution in [0.2, 0.25) is 0 Å². The highest BCUT2D eigenvalue weighted by Gasteiger charge is 2.28. The van der Waals surface area contributed by atoms with Gasteiger partial charge in [-0.1, -0.05) is 35.1 Å². The zero-order valence-corrected chi connectivity index (χ0v) is 17.2. The third-order valence-corrected chi connectivity index (χ3v) is 6.13. The molecule has 6 heteroatoms. The maximum atomic E-state index is 13.5. The molecule has 1 atom stereocenters. The summed E-state index contributed by atoms with van der Waals surface area (Å²) < 4.78 is 12.3. The van der Waals surface area contributed by atoms with Crippen LogP contribution >= 0.6 is 11.3 Å². The molecule has 1 aliphatic rings. The van der Waals surface area contributed by atoms with Gasteiger partial charge in [0.1, 0.15) is 11.3 Å². The lowest BCUT2D eigenvalue weighted by Crippen LogP contribution is -2.37. The van der Waals surface area contributed by atoms with Crippen molar-refractivity contribution in [2.75, 3.05) is 25.2 Å². The van der Waals surface area contributed by atoms with E-state index in [-0.39, 0.29) is 12.0 Å². The van der Waals surface area contributed by atoms with Gasteiger partial charge in [0.15, 0.2) is 5.13 Å². The number of aryl methyl sites for hydroxylation is 2. The first-order valence-electron chi connectivity index (χ1n) is 9.51. The number of benzene rings is 2. The molecule has 0 radical (unpaired) electrons. The lowest BCUT2D eigenvalue weighted by Gasteiger charge is -2.24. The van der Waals surface area contributed by atoms with Gasteiger partial charge in [-0.05, 0) is 50.5 Å². The van der Waals surface area contributed by atoms with Crippen molar-refractivity contribution < 1.29 is 14.3 Å². The van der Waals surface area contributed by atoms with Crippen molar-refractivity contribution >= 4 is 32.6 Å². The third kappa shape index (κ3) is 3.62. The van der Waals surface area contributed by atoms with Crippen molar-refractivity contribution in [3.8, 4) is 5.75 Å². The van der Waals surface area contributed by atoms with Gasteiger partial charge in [0.2, 0.25) is 0 Å². The molecule has 1 amide bonds. The number of amides is 1. The molecule has 4 rings (SSSR count). The number of methoxy groups -OCH3 is 1. The van der Waals surface area contributed by atoms with Crippen LogP contribution in [0.3, 0.4) is 0 Å². The molecule has 0 saturated carbocycles. The largest absolute Gasteiger partial charge is 0.494 e. The van der Waals surface area contributed by atoms with E-state index in [2.05, 4.69) is 0 Å². The number of anilines is 1. The molecule has 5 nitrogen and oxygen atoms in total. The summed E-state index contributed by atoms with van der Waals surface area (Å²) >= 11 is 1.51. The maximum Gasteiger partial charge on any atom is 0.260 e. The fourth-order valence-corrected chi connectivity index (χ4v) is 4.62. The van der Waals surface area contributed by atoms with E-state index in [1.54, 1.807) is 12.0 Å². The van der Waals surface area contributed by atoms with Crippen LogP contribution in [0.4, 0.5) is 5.13 Å². The van der Waals surface area contributed by atoms with Crippen molar-refractivity contribution in [2.45, 2.75) is 32.8 Å². The SMILES string of the molecule is COc1cccc2sc(N(CC3CCCO3)C(=O)c3ccc(C)cc3C)nc12. The second-order valence-corrected chi connectivity index (χ2v) is 8.18. The Morgan fingerprint density at radius 3 is 2.89 bits per heavy atom. The fraction of sp³-hybridized carbons (Fsp3) is 0.364. The number of nitrogens with zero attached hydrogens (tertiary/aromatic N) is 2. The van der Waals surface area contributed by atoms with Crippen LogP contribution in [0.5, 0.6) is 5.75 Å². The van der Waals surface area contributed by atoms with Gasteiger partial charge in [-0.2, -0.15) is 0 Å². The summed E-state index contributed by atoms with van der Waals surface area (Å²) in [6.45, 7) is 5.27. The van der Waals surface area contributed by atoms with E-state index in [1.165, 1.54) is 11.3 Å². The van der Waals surface area contributed by atoms with E-state index < -0.39 is 0 Å². The fourth-order valence-electron chi connectivity index (χ4n) is 3.63. The van der Waals surface area contributed by atoms with Crippen LogP contribution < -0.4 is 9.64 Å². The summed E-state index contributed by atoms with van der Waals surface area (Å²) in [6.07, 6.45) is 2.04. The number of ether oxygens (including phenoxy) is 2. The first-order chi connectivity index (χ1) is 13.6. The van der Waals surface area contributed by atoms with Gasteiger partial charge in [-0.3, -0.25) is 9.69 Å². The molecule has 0 bridgehead atoms. The second kappa shape index (κ2) is 7.89. The van der Waals surface area contributed by atoms with E-state index in [1.807, 2.05) is 50.2 Å². The highest BCUT2D eigenvalue weighted by Crippen LogP contribution is 2.35. The summed E-state index contributed by atoms with van der Waals surface area (Å²) in [5, 5.41) is 0.681. The first kappa shape index (κ1) is 18.9. The third-order valence-electron chi connectivity index (χ3n) is 5.09. The maximum absolute atomic E-state index is 13.5. The summed E-state index contributed by atoms with van der Waals surface area (Å²) in [4.78, 5) is 20.0. The molecule has 0 spiro atoms. The average molecular weight is 397 g/mol. The molecule has 2 aromatic carbocycles. The molecule has 3 aromatic rings. The van der Waals surface area contributed by atoms with E-state index >= 15 is 0 Å². The van der Waals surface area contributed by atoms with Crippen molar-refractivity contribution in [1.29, 1.82) is 0 Å². The number of hydrogen-bond donors (Lipinski definition) is 0. The van der Waals surface area contributed by atoms with E-state index in [4.69, 9.17) is 14.5 Å². The van der Waals surface area contributed by atoms with Crippen LogP contribution in [0.1, 0.15) is 34.3 Å². The standard InChI is InChI=1S/C22H24N2O3S/c1-14-9-10-17(15(2)12-14)21(25)24(13-16-6-5-11-27-16)22-23-20-18(26-3)7-4-8-19(20)28-22/h4,7-10,12,16H,5-6,11,13H2,1-3H3. The minimum absolute atomic E-state index is 0.0361. The van der Waals surface area contributed by atoms with Crippen molar-refractivity contribution in [2.24, 2.45) is 0 Å². The van der Waals surface area contributed by atoms with Crippen molar-refractivity contribution in [1.82, 2.24) is 4.98 Å². The second-order valence-electron chi connectivity index (χ2n) is 7.17. The average Bonchev–Trinajstić information content (AvgIpc) is 3.34. The number of para-hydroxylation sites is 1. The minimum atomic E-state index is -0.0361. The Morgan fingerprint density at radius 2 is 2.18 bits per heavy atom. The minimum Gasteiger partial charge on any atom is -0.494 e. The number of aromatic nitrogens is 1. The number of rotatable bonds is 5. The van der Waals surface area contributed by atoms with Gasteiger partial charge in [0.05, 0.1) is 24.5 Å². The van der Waals surface area contributed by atoms with Crippen molar-refractivity contribution in [3.63, 3.8) is 0 Å². The predicted molar refractivity (Wildman–Crippen MR) is 113 cm³/mol. The van der Waals surface area contributed by atoms with Gasteiger partial charge in [0.25, 0.3) is 5.91 Å². The van der Waals surface area contributed by atoms with Crippen LogP contribution in [0.25, 0.3) is 10.2 Å². The zero-order valence-electron chi connectivity index (χ0n) is 16.4. The summed E-state index contributed by atoms with van der Waals surface area (Å²) in [7, 11) is 1.64. The summed E-state index contributed by atoms with van der Waals surface area (Å²) in [6, 6.07) is 11.8. The molecule has 1 aromatic heterocycles. The lowest BCUT2D eigenvalue weighted by atomic mass is 10.0. The molecule has 0 aliphatic carbocycles. The molecular formula is C22H24N2O3S. The van der Waals surface area contributed by atoms with Crippen LogP contribution in [-0.2, 0) is 4.74 Å². The molecular weight excluding hydrogens is 372 g/mol.